The maximum Gasteiger partial charge on any atom is 0.270 e. The molecule has 0 spiro atoms. The van der Waals surface area contributed by atoms with Crippen molar-refractivity contribution in [2.45, 2.75) is 25.8 Å². The highest BCUT2D eigenvalue weighted by molar-refractivity contribution is 6.03. The number of carbonyl (C=O) groups excluding carboxylic acids is 3. The van der Waals surface area contributed by atoms with Crippen molar-refractivity contribution in [2.24, 2.45) is 0 Å². The molecule has 3 amide bonds. The first kappa shape index (κ1) is 12.2. The van der Waals surface area contributed by atoms with Crippen LogP contribution in [-0.2, 0) is 9.59 Å². The average molecular weight is 247 g/mol. The topological polar surface area (TPSA) is 88.2 Å². The molecule has 6 nitrogen and oxygen atoms in total. The summed E-state index contributed by atoms with van der Waals surface area (Å²) in [4.78, 5) is 38.2. The number of pyridine rings is 1. The highest BCUT2D eigenvalue weighted by Gasteiger charge is 2.28. The second kappa shape index (κ2) is 4.95. The Morgan fingerprint density at radius 3 is 2.83 bits per heavy atom. The molecule has 1 aliphatic heterocycles. The van der Waals surface area contributed by atoms with Crippen molar-refractivity contribution in [3.05, 3.63) is 29.6 Å². The van der Waals surface area contributed by atoms with Gasteiger partial charge in [0.1, 0.15) is 11.7 Å². The Bertz CT molecular complexity index is 496. The maximum absolute atomic E-state index is 11.8. The van der Waals surface area contributed by atoms with Crippen molar-refractivity contribution < 1.29 is 14.4 Å². The molecule has 18 heavy (non-hydrogen) atoms. The molecule has 2 heterocycles. The van der Waals surface area contributed by atoms with Crippen LogP contribution in [0.25, 0.3) is 0 Å². The first-order chi connectivity index (χ1) is 8.56. The lowest BCUT2D eigenvalue weighted by Gasteiger charge is -2.21. The standard InChI is InChI=1S/C12H13N3O3/c1-7-2-3-8(13-6-7)11(17)14-9-4-5-10(16)15-12(9)18/h2-3,6,9H,4-5H2,1H3,(H,14,17)(H,15,16,18)/t9-/m1/s1. The zero-order valence-corrected chi connectivity index (χ0v) is 9.90. The molecule has 0 aliphatic carbocycles. The summed E-state index contributed by atoms with van der Waals surface area (Å²) in [5.74, 6) is -1.19. The van der Waals surface area contributed by atoms with Crippen LogP contribution >= 0.6 is 0 Å². The molecule has 0 unspecified atom stereocenters. The summed E-state index contributed by atoms with van der Waals surface area (Å²) in [5.41, 5.74) is 1.21. The van der Waals surface area contributed by atoms with Crippen molar-refractivity contribution in [1.82, 2.24) is 15.6 Å². The van der Waals surface area contributed by atoms with Crippen LogP contribution in [0.5, 0.6) is 0 Å². The molecule has 1 aliphatic rings. The van der Waals surface area contributed by atoms with Gasteiger partial charge in [-0.15, -0.1) is 0 Å². The molecule has 1 fully saturated rings. The Morgan fingerprint density at radius 1 is 1.44 bits per heavy atom. The third kappa shape index (κ3) is 2.71. The van der Waals surface area contributed by atoms with E-state index in [2.05, 4.69) is 15.6 Å². The third-order valence-corrected chi connectivity index (χ3v) is 2.69. The minimum Gasteiger partial charge on any atom is -0.339 e. The zero-order chi connectivity index (χ0) is 13.1. The van der Waals surface area contributed by atoms with Gasteiger partial charge in [0.25, 0.3) is 5.91 Å². The predicted octanol–water partition coefficient (Wildman–Crippen LogP) is -0.0750. The van der Waals surface area contributed by atoms with E-state index in [4.69, 9.17) is 0 Å². The van der Waals surface area contributed by atoms with E-state index in [1.54, 1.807) is 18.3 Å². The molecule has 2 N–H and O–H groups in total. The fourth-order valence-corrected chi connectivity index (χ4v) is 1.67. The lowest BCUT2D eigenvalue weighted by atomic mass is 10.1. The molecular weight excluding hydrogens is 234 g/mol. The fraction of sp³-hybridized carbons (Fsp3) is 0.333. The first-order valence-electron chi connectivity index (χ1n) is 5.63. The van der Waals surface area contributed by atoms with Gasteiger partial charge in [-0.05, 0) is 25.0 Å². The van der Waals surface area contributed by atoms with E-state index >= 15 is 0 Å². The SMILES string of the molecule is Cc1ccc(C(=O)N[C@@H]2CCC(=O)NC2=O)nc1. The van der Waals surface area contributed by atoms with Gasteiger partial charge >= 0.3 is 0 Å². The average Bonchev–Trinajstić information content (AvgIpc) is 2.33. The summed E-state index contributed by atoms with van der Waals surface area (Å²) in [6.07, 6.45) is 2.14. The lowest BCUT2D eigenvalue weighted by Crippen LogP contribution is -2.52. The predicted molar refractivity (Wildman–Crippen MR) is 62.6 cm³/mol. The summed E-state index contributed by atoms with van der Waals surface area (Å²) in [6.45, 7) is 1.87. The Kier molecular flexibility index (Phi) is 3.36. The van der Waals surface area contributed by atoms with E-state index < -0.39 is 17.9 Å². The van der Waals surface area contributed by atoms with Crippen LogP contribution in [0.3, 0.4) is 0 Å². The molecule has 0 aromatic carbocycles. The van der Waals surface area contributed by atoms with Crippen LogP contribution in [0.4, 0.5) is 0 Å². The molecular formula is C12H13N3O3. The molecule has 1 aromatic heterocycles. The highest BCUT2D eigenvalue weighted by atomic mass is 16.2. The van der Waals surface area contributed by atoms with E-state index in [1.165, 1.54) is 0 Å². The van der Waals surface area contributed by atoms with Gasteiger partial charge in [-0.25, -0.2) is 0 Å². The largest absolute Gasteiger partial charge is 0.339 e. The second-order valence-electron chi connectivity index (χ2n) is 4.20. The lowest BCUT2D eigenvalue weighted by molar-refractivity contribution is -0.134. The van der Waals surface area contributed by atoms with Crippen molar-refractivity contribution >= 4 is 17.7 Å². The molecule has 1 atom stereocenters. The Balaban J connectivity index is 2.01. The van der Waals surface area contributed by atoms with Crippen molar-refractivity contribution in [3.8, 4) is 0 Å². The van der Waals surface area contributed by atoms with Crippen LogP contribution in [-0.4, -0.2) is 28.7 Å². The van der Waals surface area contributed by atoms with Crippen LogP contribution in [0.2, 0.25) is 0 Å². The fourth-order valence-electron chi connectivity index (χ4n) is 1.67. The Morgan fingerprint density at radius 2 is 2.22 bits per heavy atom. The number of rotatable bonds is 2. The Labute approximate surface area is 104 Å². The summed E-state index contributed by atoms with van der Waals surface area (Å²) in [7, 11) is 0. The van der Waals surface area contributed by atoms with Gasteiger partial charge in [0.05, 0.1) is 0 Å². The van der Waals surface area contributed by atoms with Gasteiger partial charge in [-0.3, -0.25) is 24.7 Å². The number of hydrogen-bond acceptors (Lipinski definition) is 4. The summed E-state index contributed by atoms with van der Waals surface area (Å²) in [6, 6.07) is 2.70. The Hall–Kier alpha value is -2.24. The van der Waals surface area contributed by atoms with Crippen molar-refractivity contribution in [3.63, 3.8) is 0 Å². The number of carbonyl (C=O) groups is 3. The smallest absolute Gasteiger partial charge is 0.270 e. The van der Waals surface area contributed by atoms with E-state index in [9.17, 15) is 14.4 Å². The van der Waals surface area contributed by atoms with Gasteiger partial charge in [0, 0.05) is 12.6 Å². The monoisotopic (exact) mass is 247 g/mol. The van der Waals surface area contributed by atoms with Gasteiger partial charge in [-0.2, -0.15) is 0 Å². The van der Waals surface area contributed by atoms with Gasteiger partial charge in [0.2, 0.25) is 11.8 Å². The van der Waals surface area contributed by atoms with E-state index in [0.717, 1.165) is 5.56 Å². The van der Waals surface area contributed by atoms with Crippen LogP contribution < -0.4 is 10.6 Å². The number of aromatic nitrogens is 1. The third-order valence-electron chi connectivity index (χ3n) is 2.69. The number of nitrogens with zero attached hydrogens (tertiary/aromatic N) is 1. The van der Waals surface area contributed by atoms with Gasteiger partial charge in [-0.1, -0.05) is 6.07 Å². The van der Waals surface area contributed by atoms with E-state index in [0.29, 0.717) is 6.42 Å². The van der Waals surface area contributed by atoms with Crippen molar-refractivity contribution in [2.75, 3.05) is 0 Å². The van der Waals surface area contributed by atoms with Gasteiger partial charge in [0.15, 0.2) is 0 Å². The number of amides is 3. The minimum atomic E-state index is -0.668. The van der Waals surface area contributed by atoms with Crippen molar-refractivity contribution in [1.29, 1.82) is 0 Å². The molecule has 0 saturated carbocycles. The minimum absolute atomic E-state index is 0.234. The normalized spacial score (nSPS) is 19.3. The van der Waals surface area contributed by atoms with Crippen LogP contribution in [0, 0.1) is 6.92 Å². The van der Waals surface area contributed by atoms with Crippen LogP contribution in [0.1, 0.15) is 28.9 Å². The molecule has 6 heteroatoms. The molecule has 2 rings (SSSR count). The summed E-state index contributed by atoms with van der Waals surface area (Å²) >= 11 is 0. The first-order valence-corrected chi connectivity index (χ1v) is 5.63. The quantitative estimate of drug-likeness (QED) is 0.716. The zero-order valence-electron chi connectivity index (χ0n) is 9.90. The maximum atomic E-state index is 11.8. The van der Waals surface area contributed by atoms with E-state index in [-0.39, 0.29) is 18.0 Å². The van der Waals surface area contributed by atoms with Gasteiger partial charge < -0.3 is 5.32 Å². The number of nitrogens with one attached hydrogen (secondary N) is 2. The highest BCUT2D eigenvalue weighted by Crippen LogP contribution is 2.06. The molecule has 94 valence electrons. The summed E-state index contributed by atoms with van der Waals surface area (Å²) in [5, 5.41) is 4.74. The summed E-state index contributed by atoms with van der Waals surface area (Å²) < 4.78 is 0. The molecule has 0 bridgehead atoms. The van der Waals surface area contributed by atoms with Crippen LogP contribution in [0.15, 0.2) is 18.3 Å². The second-order valence-corrected chi connectivity index (χ2v) is 4.20. The number of piperidine rings is 1. The number of imide groups is 1. The molecule has 1 saturated heterocycles. The number of aryl methyl sites for hydroxylation is 1. The molecule has 1 aromatic rings. The molecule has 0 radical (unpaired) electrons. The van der Waals surface area contributed by atoms with E-state index in [1.807, 2.05) is 6.92 Å². The number of hydrogen-bond donors (Lipinski definition) is 2.